The van der Waals surface area contributed by atoms with E-state index >= 15 is 14.4 Å². The zero-order chi connectivity index (χ0) is 48.2. The second-order valence-corrected chi connectivity index (χ2v) is 16.6. The third-order valence-corrected chi connectivity index (χ3v) is 12.5. The second-order valence-electron chi connectivity index (χ2n) is 16.6. The number of urea groups is 1. The molecule has 346 valence electrons. The highest BCUT2D eigenvalue weighted by molar-refractivity contribution is 6.25. The molecule has 1 spiro atoms. The van der Waals surface area contributed by atoms with Crippen LogP contribution >= 0.6 is 0 Å². The number of hydrogen-bond acceptors (Lipinski definition) is 13. The number of morpholine rings is 1. The second kappa shape index (κ2) is 19.8. The van der Waals surface area contributed by atoms with E-state index in [9.17, 15) is 24.3 Å². The monoisotopic (exact) mass is 910 g/mol. The predicted octanol–water partition coefficient (Wildman–Crippen LogP) is 4.97. The maximum absolute atomic E-state index is 16.3. The molecule has 7 atom stereocenters. The van der Waals surface area contributed by atoms with Crippen LogP contribution in [0.3, 0.4) is 0 Å². The third-order valence-electron chi connectivity index (χ3n) is 12.5. The number of esters is 4. The van der Waals surface area contributed by atoms with E-state index in [2.05, 4.69) is 29.1 Å². The van der Waals surface area contributed by atoms with Gasteiger partial charge in [-0.25, -0.2) is 14.5 Å². The van der Waals surface area contributed by atoms with Crippen molar-refractivity contribution in [2.24, 2.45) is 17.8 Å². The zero-order valence-corrected chi connectivity index (χ0v) is 37.5. The molecule has 7 rings (SSSR count). The number of carbonyl (C=O) groups is 7. The minimum Gasteiger partial charge on any atom is -0.508 e. The van der Waals surface area contributed by atoms with Crippen LogP contribution in [0, 0.1) is 29.6 Å². The lowest BCUT2D eigenvalue weighted by Crippen LogP contribution is -2.57. The van der Waals surface area contributed by atoms with Gasteiger partial charge in [-0.3, -0.25) is 28.9 Å². The molecule has 3 heterocycles. The quantitative estimate of drug-likeness (QED) is 0.0565. The Kier molecular flexibility index (Phi) is 13.9. The number of cyclic esters (lactones) is 1. The Hall–Kier alpha value is -7.77. The van der Waals surface area contributed by atoms with Crippen LogP contribution in [0.15, 0.2) is 116 Å². The molecule has 3 aliphatic heterocycles. The largest absolute Gasteiger partial charge is 0.508 e. The first-order chi connectivity index (χ1) is 32.2. The van der Waals surface area contributed by atoms with E-state index in [1.165, 1.54) is 43.5 Å². The molecule has 0 radical (unpaired) electrons. The minimum absolute atomic E-state index is 0.0109. The Bertz CT molecular complexity index is 2630. The van der Waals surface area contributed by atoms with Crippen LogP contribution < -0.4 is 15.5 Å². The molecule has 67 heavy (non-hydrogen) atoms. The van der Waals surface area contributed by atoms with Gasteiger partial charge in [0, 0.05) is 18.5 Å². The van der Waals surface area contributed by atoms with Crippen molar-refractivity contribution in [2.45, 2.75) is 56.0 Å². The van der Waals surface area contributed by atoms with E-state index in [-0.39, 0.29) is 35.5 Å². The van der Waals surface area contributed by atoms with Gasteiger partial charge in [-0.15, -0.1) is 6.58 Å². The summed E-state index contributed by atoms with van der Waals surface area (Å²) in [6.45, 7) is 7.07. The number of phenols is 1. The van der Waals surface area contributed by atoms with Crippen LogP contribution in [-0.4, -0.2) is 91.7 Å². The maximum atomic E-state index is 16.3. The summed E-state index contributed by atoms with van der Waals surface area (Å²) in [6.07, 6.45) is 0.137. The fourth-order valence-electron chi connectivity index (χ4n) is 9.55. The van der Waals surface area contributed by atoms with Crippen LogP contribution in [0.4, 0.5) is 10.5 Å². The Labute approximate surface area is 387 Å². The molecule has 0 aliphatic carbocycles. The van der Waals surface area contributed by atoms with Gasteiger partial charge >= 0.3 is 29.9 Å². The van der Waals surface area contributed by atoms with E-state index in [0.29, 0.717) is 16.7 Å². The molecule has 0 saturated carbocycles. The molecular formula is C51H50N4O12. The van der Waals surface area contributed by atoms with Crippen molar-refractivity contribution in [2.75, 3.05) is 32.8 Å². The number of imide groups is 1. The average Bonchev–Trinajstić information content (AvgIpc) is 3.80. The number of anilines is 1. The maximum Gasteiger partial charge on any atom is 0.329 e. The highest BCUT2D eigenvalue weighted by Crippen LogP contribution is 2.66. The highest BCUT2D eigenvalue weighted by Gasteiger charge is 2.75. The number of fused-ring (bicyclic) bond motifs is 3. The van der Waals surface area contributed by atoms with Gasteiger partial charge in [-0.2, -0.15) is 0 Å². The van der Waals surface area contributed by atoms with E-state index in [1.807, 2.05) is 53.4 Å². The van der Waals surface area contributed by atoms with Crippen LogP contribution in [0.1, 0.15) is 66.3 Å². The molecule has 0 aromatic heterocycles. The lowest BCUT2D eigenvalue weighted by atomic mass is 9.65. The Balaban J connectivity index is 1.56. The number of nitrogens with one attached hydrogen (secondary N) is 2. The molecule has 3 N–H and O–H groups in total. The summed E-state index contributed by atoms with van der Waals surface area (Å²) < 4.78 is 21.1. The fourth-order valence-corrected chi connectivity index (χ4v) is 9.55. The molecule has 3 aliphatic rings. The van der Waals surface area contributed by atoms with Gasteiger partial charge < -0.3 is 34.7 Å². The number of carbonyl (C=O) groups excluding carboxylic acids is 7. The van der Waals surface area contributed by atoms with E-state index in [1.54, 1.807) is 38.1 Å². The van der Waals surface area contributed by atoms with E-state index in [0.717, 1.165) is 19.1 Å². The molecule has 16 nitrogen and oxygen atoms in total. The normalized spacial score (nSPS) is 22.1. The zero-order valence-electron chi connectivity index (χ0n) is 37.5. The Morgan fingerprint density at radius 3 is 2.01 bits per heavy atom. The van der Waals surface area contributed by atoms with Gasteiger partial charge in [0.2, 0.25) is 11.8 Å². The summed E-state index contributed by atoms with van der Waals surface area (Å²) in [5.74, 6) is -2.82. The molecule has 4 aromatic carbocycles. The molecule has 2 fully saturated rings. The summed E-state index contributed by atoms with van der Waals surface area (Å²) in [4.78, 5) is 102. The Morgan fingerprint density at radius 2 is 1.43 bits per heavy atom. The Morgan fingerprint density at radius 1 is 0.821 bits per heavy atom. The van der Waals surface area contributed by atoms with E-state index < -0.39 is 95.2 Å². The number of amides is 4. The summed E-state index contributed by atoms with van der Waals surface area (Å²) >= 11 is 0. The number of ether oxygens (including phenoxy) is 4. The number of rotatable bonds is 12. The molecular weight excluding hydrogens is 861 g/mol. The molecule has 2 saturated heterocycles. The van der Waals surface area contributed by atoms with Gasteiger partial charge in [0.25, 0.3) is 0 Å². The topological polar surface area (TPSA) is 207 Å². The minimum atomic E-state index is -2.19. The highest BCUT2D eigenvalue weighted by atomic mass is 16.6. The van der Waals surface area contributed by atoms with Crippen LogP contribution in [0.5, 0.6) is 5.75 Å². The van der Waals surface area contributed by atoms with Gasteiger partial charge in [0.1, 0.15) is 29.4 Å². The molecule has 0 bridgehead atoms. The van der Waals surface area contributed by atoms with Crippen molar-refractivity contribution in [3.05, 3.63) is 144 Å². The fraction of sp³-hybridized carbons (Fsp3) is 0.314. The van der Waals surface area contributed by atoms with Crippen molar-refractivity contribution < 1.29 is 57.6 Å². The first-order valence-corrected chi connectivity index (χ1v) is 21.5. The summed E-state index contributed by atoms with van der Waals surface area (Å²) in [5.41, 5.74) is -0.152. The molecule has 0 unspecified atom stereocenters. The van der Waals surface area contributed by atoms with E-state index in [4.69, 9.17) is 18.9 Å². The van der Waals surface area contributed by atoms with Gasteiger partial charge in [-0.1, -0.05) is 105 Å². The van der Waals surface area contributed by atoms with Crippen molar-refractivity contribution in [3.8, 4) is 17.6 Å². The number of aromatic hydroxyl groups is 1. The van der Waals surface area contributed by atoms with Crippen molar-refractivity contribution >= 4 is 47.4 Å². The molecule has 4 amide bonds. The standard InChI is InChI=1S/C51H50N4O12/c1-7-27-52-44(57)38-41-48(61)67-42(32-18-12-9-13-19-32)40(31-16-10-8-11-17-31)55(41)43(33-22-24-34(56)25-23-33)51(38)36-28-30(15-14-20-35(45(58)64-4)46(59)65-5)21-26-37(36)54(49(51)62)50(63)53-39(29(2)3)47(60)66-6/h7-13,16-19,21-26,28-29,35,38-43,56H,1,20,27H2,2-6H3,(H,52,57)(H,53,63)/t38-,39-,40-,41-,42+,43+,51-/m0/s1. The first-order valence-electron chi connectivity index (χ1n) is 21.5. The van der Waals surface area contributed by atoms with Crippen molar-refractivity contribution in [3.63, 3.8) is 0 Å². The number of hydrogen-bond donors (Lipinski definition) is 3. The van der Waals surface area contributed by atoms with Crippen LogP contribution in [0.25, 0.3) is 0 Å². The number of benzene rings is 4. The molecule has 4 aromatic rings. The van der Waals surface area contributed by atoms with Gasteiger partial charge in [0.15, 0.2) is 5.92 Å². The van der Waals surface area contributed by atoms with Gasteiger partial charge in [-0.05, 0) is 58.5 Å². The lowest BCUT2D eigenvalue weighted by molar-refractivity contribution is -0.178. The smallest absolute Gasteiger partial charge is 0.329 e. The SMILES string of the molecule is C=CCNC(=O)[C@@H]1[C@H]2C(=O)O[C@H](c3ccccc3)[C@H](c3ccccc3)N2[C@H](c2ccc(O)cc2)[C@@]12C(=O)N(C(=O)N[C@H](C(=O)OC)C(C)C)c1ccc(C#CCC(C(=O)OC)C(=O)OC)cc12. The number of methoxy groups -OCH3 is 3. The third kappa shape index (κ3) is 8.49. The van der Waals surface area contributed by atoms with Gasteiger partial charge in [0.05, 0.1) is 45.0 Å². The lowest BCUT2D eigenvalue weighted by Gasteiger charge is -2.46. The van der Waals surface area contributed by atoms with Crippen LogP contribution in [-0.2, 0) is 53.1 Å². The number of nitrogens with zero attached hydrogens (tertiary/aromatic N) is 2. The summed E-state index contributed by atoms with van der Waals surface area (Å²) in [6, 6.07) is 22.9. The predicted molar refractivity (Wildman–Crippen MR) is 241 cm³/mol. The molecule has 16 heteroatoms. The average molecular weight is 911 g/mol. The van der Waals surface area contributed by atoms with Crippen molar-refractivity contribution in [1.29, 1.82) is 0 Å². The summed E-state index contributed by atoms with van der Waals surface area (Å²) in [5, 5.41) is 16.2. The summed E-state index contributed by atoms with van der Waals surface area (Å²) in [7, 11) is 3.42. The van der Waals surface area contributed by atoms with Crippen molar-refractivity contribution in [1.82, 2.24) is 15.5 Å². The first kappa shape index (κ1) is 47.2. The van der Waals surface area contributed by atoms with Crippen LogP contribution in [0.2, 0.25) is 0 Å². The number of phenolic OH excluding ortho intramolecular Hbond substituents is 1.